The number of pyridine rings is 2. The first-order valence-corrected chi connectivity index (χ1v) is 7.48. The van der Waals surface area contributed by atoms with Crippen molar-refractivity contribution in [2.75, 3.05) is 12.4 Å². The second-order valence-corrected chi connectivity index (χ2v) is 5.61. The van der Waals surface area contributed by atoms with Gasteiger partial charge in [0.1, 0.15) is 5.56 Å². The Balaban J connectivity index is 2.57. The summed E-state index contributed by atoms with van der Waals surface area (Å²) in [6.45, 7) is 1.14. The Kier molecular flexibility index (Phi) is 4.34. The number of rotatable bonds is 3. The lowest BCUT2D eigenvalue weighted by atomic mass is 10.1. The SMILES string of the molecule is CNc1nc(-n2cc(C(=O)O)c(=O)c3cc(F)c(F)c(C)c32)c(F)cc1F. The van der Waals surface area contributed by atoms with Crippen LogP contribution in [0.4, 0.5) is 23.4 Å². The van der Waals surface area contributed by atoms with Crippen LogP contribution in [0.3, 0.4) is 0 Å². The quantitative estimate of drug-likeness (QED) is 0.682. The number of aromatic nitrogens is 2. The minimum Gasteiger partial charge on any atom is -0.477 e. The van der Waals surface area contributed by atoms with Crippen molar-refractivity contribution >= 4 is 22.7 Å². The highest BCUT2D eigenvalue weighted by Gasteiger charge is 2.23. The van der Waals surface area contributed by atoms with E-state index in [2.05, 4.69) is 10.3 Å². The number of aryl methyl sites for hydroxylation is 1. The van der Waals surface area contributed by atoms with E-state index in [1.165, 1.54) is 7.05 Å². The summed E-state index contributed by atoms with van der Waals surface area (Å²) in [6, 6.07) is 1.02. The van der Waals surface area contributed by atoms with E-state index in [1.807, 2.05) is 0 Å². The fourth-order valence-corrected chi connectivity index (χ4v) is 2.74. The Morgan fingerprint density at radius 3 is 2.41 bits per heavy atom. The molecule has 3 aromatic rings. The van der Waals surface area contributed by atoms with E-state index in [-0.39, 0.29) is 16.9 Å². The predicted molar refractivity (Wildman–Crippen MR) is 88.4 cm³/mol. The number of anilines is 1. The number of nitrogens with one attached hydrogen (secondary N) is 1. The van der Waals surface area contributed by atoms with Crippen molar-refractivity contribution in [1.82, 2.24) is 9.55 Å². The first-order valence-electron chi connectivity index (χ1n) is 7.48. The number of hydrogen-bond acceptors (Lipinski definition) is 4. The van der Waals surface area contributed by atoms with Gasteiger partial charge in [-0.15, -0.1) is 0 Å². The molecule has 0 radical (unpaired) electrons. The molecule has 3 rings (SSSR count). The van der Waals surface area contributed by atoms with Gasteiger partial charge in [-0.3, -0.25) is 9.36 Å². The summed E-state index contributed by atoms with van der Waals surface area (Å²) < 4.78 is 56.7. The Hall–Kier alpha value is -3.43. The van der Waals surface area contributed by atoms with E-state index < -0.39 is 51.4 Å². The number of halogens is 4. The monoisotopic (exact) mass is 381 g/mol. The molecule has 27 heavy (non-hydrogen) atoms. The highest BCUT2D eigenvalue weighted by atomic mass is 19.2. The molecule has 0 amide bonds. The lowest BCUT2D eigenvalue weighted by molar-refractivity contribution is 0.0695. The van der Waals surface area contributed by atoms with Gasteiger partial charge in [0.2, 0.25) is 5.43 Å². The van der Waals surface area contributed by atoms with Crippen molar-refractivity contribution in [3.8, 4) is 5.82 Å². The van der Waals surface area contributed by atoms with Gasteiger partial charge in [0.15, 0.2) is 34.9 Å². The molecule has 0 aliphatic carbocycles. The molecule has 0 saturated heterocycles. The maximum atomic E-state index is 14.4. The highest BCUT2D eigenvalue weighted by molar-refractivity contribution is 5.94. The molecule has 0 aliphatic heterocycles. The van der Waals surface area contributed by atoms with Gasteiger partial charge in [0, 0.05) is 24.9 Å². The molecule has 6 nitrogen and oxygen atoms in total. The van der Waals surface area contributed by atoms with E-state index >= 15 is 0 Å². The molecule has 2 aromatic heterocycles. The highest BCUT2D eigenvalue weighted by Crippen LogP contribution is 2.27. The summed E-state index contributed by atoms with van der Waals surface area (Å²) >= 11 is 0. The Labute approximate surface area is 148 Å². The van der Waals surface area contributed by atoms with Crippen molar-refractivity contribution in [1.29, 1.82) is 0 Å². The molecule has 0 fully saturated rings. The molecule has 140 valence electrons. The van der Waals surface area contributed by atoms with Gasteiger partial charge in [-0.25, -0.2) is 27.3 Å². The van der Waals surface area contributed by atoms with Gasteiger partial charge >= 0.3 is 5.97 Å². The zero-order valence-corrected chi connectivity index (χ0v) is 13.9. The standard InChI is InChI=1S/C17H11F4N3O3/c1-6-12(21)9(18)3-7-13(6)24(5-8(14(7)25)17(26)27)16-11(20)4-10(19)15(22-2)23-16/h3-5H,1-2H3,(H,22,23)(H,26,27). The molecule has 10 heteroatoms. The van der Waals surface area contributed by atoms with Gasteiger partial charge in [-0.1, -0.05) is 0 Å². The van der Waals surface area contributed by atoms with Crippen LogP contribution < -0.4 is 10.7 Å². The summed E-state index contributed by atoms with van der Waals surface area (Å²) in [4.78, 5) is 27.5. The molecule has 1 aromatic carbocycles. The molecular weight excluding hydrogens is 370 g/mol. The number of hydrogen-bond donors (Lipinski definition) is 2. The Morgan fingerprint density at radius 1 is 1.15 bits per heavy atom. The molecule has 0 unspecified atom stereocenters. The Bertz CT molecular complexity index is 1170. The van der Waals surface area contributed by atoms with Crippen LogP contribution in [0.5, 0.6) is 0 Å². The second kappa shape index (κ2) is 6.38. The number of carboxylic acid groups (broad SMARTS) is 1. The topological polar surface area (TPSA) is 84.2 Å². The Morgan fingerprint density at radius 2 is 1.81 bits per heavy atom. The normalized spacial score (nSPS) is 11.0. The average molecular weight is 381 g/mol. The number of carboxylic acids is 1. The zero-order valence-electron chi connectivity index (χ0n) is 13.9. The van der Waals surface area contributed by atoms with Crippen molar-refractivity contribution < 1.29 is 27.5 Å². The van der Waals surface area contributed by atoms with E-state index in [0.717, 1.165) is 17.7 Å². The van der Waals surface area contributed by atoms with Crippen molar-refractivity contribution in [3.05, 3.63) is 62.9 Å². The molecule has 2 heterocycles. The van der Waals surface area contributed by atoms with Crippen LogP contribution in [-0.4, -0.2) is 27.7 Å². The van der Waals surface area contributed by atoms with Crippen LogP contribution in [0, 0.1) is 30.2 Å². The maximum absolute atomic E-state index is 14.4. The molecule has 2 N–H and O–H groups in total. The zero-order chi connectivity index (χ0) is 20.0. The van der Waals surface area contributed by atoms with Crippen LogP contribution in [0.2, 0.25) is 0 Å². The second-order valence-electron chi connectivity index (χ2n) is 5.61. The summed E-state index contributed by atoms with van der Waals surface area (Å²) in [5.41, 5.74) is -2.55. The fourth-order valence-electron chi connectivity index (χ4n) is 2.74. The molecule has 0 saturated carbocycles. The summed E-state index contributed by atoms with van der Waals surface area (Å²) in [5, 5.41) is 11.1. The molecule has 0 spiro atoms. The lowest BCUT2D eigenvalue weighted by Gasteiger charge is -2.16. The summed E-state index contributed by atoms with van der Waals surface area (Å²) in [7, 11) is 1.32. The number of aromatic carboxylic acids is 1. The van der Waals surface area contributed by atoms with Gasteiger partial charge in [0.25, 0.3) is 0 Å². The van der Waals surface area contributed by atoms with Crippen molar-refractivity contribution in [2.45, 2.75) is 6.92 Å². The average Bonchev–Trinajstić information content (AvgIpc) is 2.61. The fraction of sp³-hybridized carbons (Fsp3) is 0.118. The largest absolute Gasteiger partial charge is 0.477 e. The van der Waals surface area contributed by atoms with E-state index in [4.69, 9.17) is 0 Å². The van der Waals surface area contributed by atoms with Gasteiger partial charge in [0.05, 0.1) is 10.9 Å². The van der Waals surface area contributed by atoms with Gasteiger partial charge < -0.3 is 10.4 Å². The van der Waals surface area contributed by atoms with Crippen LogP contribution >= 0.6 is 0 Å². The smallest absolute Gasteiger partial charge is 0.341 e. The van der Waals surface area contributed by atoms with E-state index in [1.54, 1.807) is 0 Å². The molecule has 0 bridgehead atoms. The summed E-state index contributed by atoms with van der Waals surface area (Å²) in [5.74, 6) is -7.50. The van der Waals surface area contributed by atoms with Crippen LogP contribution in [0.1, 0.15) is 15.9 Å². The third kappa shape index (κ3) is 2.78. The molecule has 0 atom stereocenters. The third-order valence-electron chi connectivity index (χ3n) is 4.02. The summed E-state index contributed by atoms with van der Waals surface area (Å²) in [6.07, 6.45) is 0.736. The maximum Gasteiger partial charge on any atom is 0.341 e. The number of nitrogens with zero attached hydrogens (tertiary/aromatic N) is 2. The van der Waals surface area contributed by atoms with Crippen molar-refractivity contribution in [3.63, 3.8) is 0 Å². The molecule has 0 aliphatic rings. The van der Waals surface area contributed by atoms with Crippen LogP contribution in [0.25, 0.3) is 16.7 Å². The van der Waals surface area contributed by atoms with Gasteiger partial charge in [-0.05, 0) is 13.0 Å². The van der Waals surface area contributed by atoms with Gasteiger partial charge in [-0.2, -0.15) is 0 Å². The first-order chi connectivity index (χ1) is 12.7. The minimum atomic E-state index is -1.66. The van der Waals surface area contributed by atoms with E-state index in [0.29, 0.717) is 12.1 Å². The number of benzene rings is 1. The predicted octanol–water partition coefficient (Wildman–Crippen LogP) is 2.99. The number of carbonyl (C=O) groups is 1. The van der Waals surface area contributed by atoms with E-state index in [9.17, 15) is 32.3 Å². The third-order valence-corrected chi connectivity index (χ3v) is 4.02. The first kappa shape index (κ1) is 18.4. The molecular formula is C17H11F4N3O3. The lowest BCUT2D eigenvalue weighted by Crippen LogP contribution is -2.21. The minimum absolute atomic E-state index is 0.288. The van der Waals surface area contributed by atoms with Crippen LogP contribution in [-0.2, 0) is 0 Å². The van der Waals surface area contributed by atoms with Crippen LogP contribution in [0.15, 0.2) is 23.1 Å². The van der Waals surface area contributed by atoms with Crippen molar-refractivity contribution in [2.24, 2.45) is 0 Å². The number of fused-ring (bicyclic) bond motifs is 1.